The fraction of sp³-hybridized carbons (Fsp3) is 0.167. The molecule has 1 heterocycles. The first kappa shape index (κ1) is 15.7. The Bertz CT molecular complexity index is 816. The Morgan fingerprint density at radius 3 is 2.67 bits per heavy atom. The molecule has 0 aliphatic rings. The first-order valence-electron chi connectivity index (χ1n) is 7.63. The van der Waals surface area contributed by atoms with Gasteiger partial charge in [0.2, 0.25) is 0 Å². The molecule has 6 nitrogen and oxygen atoms in total. The molecule has 0 saturated carbocycles. The van der Waals surface area contributed by atoms with Crippen molar-refractivity contribution in [2.45, 2.75) is 20.0 Å². The van der Waals surface area contributed by atoms with E-state index in [-0.39, 0.29) is 17.7 Å². The largest absolute Gasteiger partial charge is 0.486 e. The van der Waals surface area contributed by atoms with Gasteiger partial charge < -0.3 is 10.1 Å². The van der Waals surface area contributed by atoms with Crippen LogP contribution in [0.2, 0.25) is 0 Å². The van der Waals surface area contributed by atoms with E-state index in [0.717, 1.165) is 16.9 Å². The molecule has 1 aromatic heterocycles. The zero-order valence-corrected chi connectivity index (χ0v) is 13.5. The highest BCUT2D eigenvalue weighted by atomic mass is 16.5. The summed E-state index contributed by atoms with van der Waals surface area (Å²) in [4.78, 5) is 12.0. The molecule has 1 atom stereocenters. The molecule has 1 unspecified atom stereocenters. The highest BCUT2D eigenvalue weighted by molar-refractivity contribution is 6.03. The van der Waals surface area contributed by atoms with E-state index in [1.165, 1.54) is 6.20 Å². The standard InChI is InChI=1S/C18H18N4O2/c1-12-10-15(24-13(2)14-6-4-3-5-7-14)8-9-16(12)20-18(23)17-11-19-22-21-17/h3-11,13H,1-2H3,(H,20,23)(H,19,21,22). The monoisotopic (exact) mass is 322 g/mol. The minimum atomic E-state index is -0.307. The van der Waals surface area contributed by atoms with Crippen molar-refractivity contribution in [3.63, 3.8) is 0 Å². The minimum Gasteiger partial charge on any atom is -0.486 e. The van der Waals surface area contributed by atoms with Gasteiger partial charge in [0.25, 0.3) is 5.91 Å². The Balaban J connectivity index is 1.69. The Labute approximate surface area is 139 Å². The van der Waals surface area contributed by atoms with Crippen LogP contribution >= 0.6 is 0 Å². The molecule has 0 saturated heterocycles. The molecule has 2 N–H and O–H groups in total. The fourth-order valence-electron chi connectivity index (χ4n) is 2.34. The lowest BCUT2D eigenvalue weighted by atomic mass is 10.1. The van der Waals surface area contributed by atoms with Crippen molar-refractivity contribution in [3.8, 4) is 5.75 Å². The number of aromatic amines is 1. The third-order valence-electron chi connectivity index (χ3n) is 3.68. The van der Waals surface area contributed by atoms with Crippen molar-refractivity contribution in [1.82, 2.24) is 15.4 Å². The number of carbonyl (C=O) groups is 1. The number of H-pyrrole nitrogens is 1. The second kappa shape index (κ2) is 6.95. The molecule has 1 amide bonds. The Kier molecular flexibility index (Phi) is 4.56. The number of nitrogens with zero attached hydrogens (tertiary/aromatic N) is 2. The predicted octanol–water partition coefficient (Wildman–Crippen LogP) is 3.51. The topological polar surface area (TPSA) is 79.9 Å². The summed E-state index contributed by atoms with van der Waals surface area (Å²) in [6.07, 6.45) is 1.32. The van der Waals surface area contributed by atoms with E-state index in [9.17, 15) is 4.79 Å². The van der Waals surface area contributed by atoms with Gasteiger partial charge in [0.05, 0.1) is 6.20 Å². The molecule has 2 aromatic carbocycles. The van der Waals surface area contributed by atoms with Crippen molar-refractivity contribution >= 4 is 11.6 Å². The van der Waals surface area contributed by atoms with Crippen molar-refractivity contribution in [3.05, 3.63) is 71.5 Å². The zero-order chi connectivity index (χ0) is 16.9. The average Bonchev–Trinajstić information content (AvgIpc) is 3.13. The number of nitrogens with one attached hydrogen (secondary N) is 2. The van der Waals surface area contributed by atoms with Crippen LogP contribution in [0.4, 0.5) is 5.69 Å². The van der Waals surface area contributed by atoms with Crippen LogP contribution in [0.5, 0.6) is 5.75 Å². The normalized spacial score (nSPS) is 11.8. The van der Waals surface area contributed by atoms with Crippen LogP contribution < -0.4 is 10.1 Å². The van der Waals surface area contributed by atoms with Gasteiger partial charge in [0, 0.05) is 5.69 Å². The summed E-state index contributed by atoms with van der Waals surface area (Å²) in [5.41, 5.74) is 2.97. The lowest BCUT2D eigenvalue weighted by Crippen LogP contribution is -2.13. The number of aryl methyl sites for hydroxylation is 1. The Hall–Kier alpha value is -3.15. The fourth-order valence-corrected chi connectivity index (χ4v) is 2.34. The van der Waals surface area contributed by atoms with E-state index in [1.54, 1.807) is 0 Å². The van der Waals surface area contributed by atoms with E-state index in [4.69, 9.17) is 4.74 Å². The summed E-state index contributed by atoms with van der Waals surface area (Å²) in [6.45, 7) is 3.92. The van der Waals surface area contributed by atoms with E-state index in [2.05, 4.69) is 20.7 Å². The van der Waals surface area contributed by atoms with Crippen LogP contribution in [0.15, 0.2) is 54.7 Å². The third-order valence-corrected chi connectivity index (χ3v) is 3.68. The van der Waals surface area contributed by atoms with Gasteiger partial charge in [-0.25, -0.2) is 0 Å². The van der Waals surface area contributed by atoms with Gasteiger partial charge in [0.1, 0.15) is 11.9 Å². The number of amides is 1. The molecule has 0 aliphatic heterocycles. The molecule has 122 valence electrons. The molecule has 0 aliphatic carbocycles. The molecule has 0 radical (unpaired) electrons. The van der Waals surface area contributed by atoms with Crippen LogP contribution in [0.3, 0.4) is 0 Å². The number of rotatable bonds is 5. The maximum absolute atomic E-state index is 12.0. The molecule has 0 fully saturated rings. The summed E-state index contributed by atoms with van der Waals surface area (Å²) < 4.78 is 5.97. The van der Waals surface area contributed by atoms with Gasteiger partial charge in [-0.1, -0.05) is 30.3 Å². The van der Waals surface area contributed by atoms with Crippen molar-refractivity contribution < 1.29 is 9.53 Å². The molecule has 0 bridgehead atoms. The SMILES string of the molecule is Cc1cc(OC(C)c2ccccc2)ccc1NC(=O)c1cn[nH]n1. The smallest absolute Gasteiger partial charge is 0.277 e. The number of hydrogen-bond acceptors (Lipinski definition) is 4. The second-order valence-electron chi connectivity index (χ2n) is 5.46. The van der Waals surface area contributed by atoms with E-state index < -0.39 is 0 Å². The number of benzene rings is 2. The maximum atomic E-state index is 12.0. The van der Waals surface area contributed by atoms with E-state index in [0.29, 0.717) is 5.69 Å². The van der Waals surface area contributed by atoms with Crippen LogP contribution in [0.1, 0.15) is 34.6 Å². The molecule has 3 rings (SSSR count). The number of aromatic nitrogens is 3. The van der Waals surface area contributed by atoms with E-state index >= 15 is 0 Å². The molecule has 24 heavy (non-hydrogen) atoms. The molecule has 6 heteroatoms. The Morgan fingerprint density at radius 2 is 2.00 bits per heavy atom. The lowest BCUT2D eigenvalue weighted by Gasteiger charge is -2.16. The van der Waals surface area contributed by atoms with Gasteiger partial charge in [-0.15, -0.1) is 0 Å². The van der Waals surface area contributed by atoms with Gasteiger partial charge in [-0.3, -0.25) is 4.79 Å². The van der Waals surface area contributed by atoms with Crippen LogP contribution in [0.25, 0.3) is 0 Å². The third kappa shape index (κ3) is 3.60. The Morgan fingerprint density at radius 1 is 1.21 bits per heavy atom. The summed E-state index contributed by atoms with van der Waals surface area (Å²) in [5, 5.41) is 12.6. The summed E-state index contributed by atoms with van der Waals surface area (Å²) in [5.74, 6) is 0.446. The van der Waals surface area contributed by atoms with Crippen molar-refractivity contribution in [2.24, 2.45) is 0 Å². The van der Waals surface area contributed by atoms with Gasteiger partial charge >= 0.3 is 0 Å². The highest BCUT2D eigenvalue weighted by Crippen LogP contribution is 2.26. The van der Waals surface area contributed by atoms with Gasteiger partial charge in [-0.2, -0.15) is 15.4 Å². The van der Waals surface area contributed by atoms with Crippen LogP contribution in [-0.4, -0.2) is 21.3 Å². The van der Waals surface area contributed by atoms with E-state index in [1.807, 2.05) is 62.4 Å². The first-order valence-corrected chi connectivity index (χ1v) is 7.63. The maximum Gasteiger partial charge on any atom is 0.277 e. The van der Waals surface area contributed by atoms with Crippen molar-refractivity contribution in [2.75, 3.05) is 5.32 Å². The number of ether oxygens (including phenoxy) is 1. The van der Waals surface area contributed by atoms with Gasteiger partial charge in [-0.05, 0) is 43.2 Å². The number of carbonyl (C=O) groups excluding carboxylic acids is 1. The van der Waals surface area contributed by atoms with Crippen molar-refractivity contribution in [1.29, 1.82) is 0 Å². The summed E-state index contributed by atoms with van der Waals surface area (Å²) in [6, 6.07) is 15.6. The molecule has 3 aromatic rings. The minimum absolute atomic E-state index is 0.0545. The molecular formula is C18H18N4O2. The van der Waals surface area contributed by atoms with Crippen LogP contribution in [-0.2, 0) is 0 Å². The lowest BCUT2D eigenvalue weighted by molar-refractivity contribution is 0.102. The number of hydrogen-bond donors (Lipinski definition) is 2. The first-order chi connectivity index (χ1) is 11.6. The second-order valence-corrected chi connectivity index (χ2v) is 5.46. The zero-order valence-electron chi connectivity index (χ0n) is 13.5. The van der Waals surface area contributed by atoms with Gasteiger partial charge in [0.15, 0.2) is 5.69 Å². The highest BCUT2D eigenvalue weighted by Gasteiger charge is 2.12. The average molecular weight is 322 g/mol. The molecular weight excluding hydrogens is 304 g/mol. The summed E-state index contributed by atoms with van der Waals surface area (Å²) in [7, 11) is 0. The summed E-state index contributed by atoms with van der Waals surface area (Å²) >= 11 is 0. The predicted molar refractivity (Wildman–Crippen MR) is 91.0 cm³/mol. The molecule has 0 spiro atoms. The quantitative estimate of drug-likeness (QED) is 0.753. The van der Waals surface area contributed by atoms with Crippen LogP contribution in [0, 0.1) is 6.92 Å². The number of anilines is 1.